The van der Waals surface area contributed by atoms with Crippen molar-refractivity contribution >= 4 is 5.91 Å². The molecule has 0 aromatic carbocycles. The van der Waals surface area contributed by atoms with E-state index in [4.69, 9.17) is 0 Å². The molecule has 0 spiro atoms. The lowest BCUT2D eigenvalue weighted by atomic mass is 10.0. The van der Waals surface area contributed by atoms with Gasteiger partial charge in [0.25, 0.3) is 0 Å². The van der Waals surface area contributed by atoms with Crippen molar-refractivity contribution < 1.29 is 22.4 Å². The van der Waals surface area contributed by atoms with E-state index in [0.29, 0.717) is 6.42 Å². The van der Waals surface area contributed by atoms with Crippen LogP contribution in [0.5, 0.6) is 0 Å². The molecule has 0 aliphatic heterocycles. The van der Waals surface area contributed by atoms with Crippen LogP contribution in [-0.4, -0.2) is 30.1 Å². The van der Waals surface area contributed by atoms with Crippen molar-refractivity contribution in [2.45, 2.75) is 123 Å². The molecule has 0 aliphatic rings. The second kappa shape index (κ2) is 18.5. The molecule has 0 radical (unpaired) electrons. The second-order valence-corrected chi connectivity index (χ2v) is 8.49. The van der Waals surface area contributed by atoms with Gasteiger partial charge >= 0.3 is 6.18 Å². The zero-order valence-corrected chi connectivity index (χ0v) is 20.0. The van der Waals surface area contributed by atoms with Crippen LogP contribution in [0.1, 0.15) is 117 Å². The summed E-state index contributed by atoms with van der Waals surface area (Å²) in [6.07, 6.45) is 11.8. The Morgan fingerprint density at radius 1 is 0.774 bits per heavy atom. The Bertz CT molecular complexity index is 473. The average molecular weight is 452 g/mol. The summed E-state index contributed by atoms with van der Waals surface area (Å²) < 4.78 is 53.7. The first kappa shape index (κ1) is 29.9. The van der Waals surface area contributed by atoms with E-state index >= 15 is 0 Å². The molecule has 184 valence electrons. The minimum atomic E-state index is -4.74. The van der Waals surface area contributed by atoms with Gasteiger partial charge < -0.3 is 4.90 Å². The molecule has 1 atom stereocenters. The summed E-state index contributed by atoms with van der Waals surface area (Å²) in [4.78, 5) is 13.2. The van der Waals surface area contributed by atoms with Crippen molar-refractivity contribution in [1.29, 1.82) is 0 Å². The van der Waals surface area contributed by atoms with Crippen molar-refractivity contribution in [3.05, 3.63) is 11.9 Å². The van der Waals surface area contributed by atoms with E-state index in [-0.39, 0.29) is 13.1 Å². The van der Waals surface area contributed by atoms with Gasteiger partial charge in [-0.1, -0.05) is 90.0 Å². The summed E-state index contributed by atoms with van der Waals surface area (Å²) in [6, 6.07) is 0. The van der Waals surface area contributed by atoms with Crippen molar-refractivity contribution in [2.24, 2.45) is 5.92 Å². The first-order chi connectivity index (χ1) is 14.8. The fraction of sp³-hybridized carbons (Fsp3) is 0.880. The van der Waals surface area contributed by atoms with Crippen molar-refractivity contribution in [1.82, 2.24) is 4.90 Å². The SMILES string of the molecule is CCCCCCCCCCCCCCC/C=C(\F)C[C@H](C(=O)N(CC)CC)C(F)(F)F. The van der Waals surface area contributed by atoms with E-state index in [1.807, 2.05) is 0 Å². The fourth-order valence-corrected chi connectivity index (χ4v) is 3.80. The zero-order valence-electron chi connectivity index (χ0n) is 20.0. The number of nitrogens with zero attached hydrogens (tertiary/aromatic N) is 1. The monoisotopic (exact) mass is 451 g/mol. The lowest BCUT2D eigenvalue weighted by Gasteiger charge is -2.26. The number of allylic oxidation sites excluding steroid dienone is 2. The Labute approximate surface area is 187 Å². The molecule has 0 aromatic rings. The standard InChI is InChI=1S/C25H45F4NO/c1-4-7-8-9-10-11-12-13-14-15-16-17-18-19-20-22(26)21-23(25(27,28)29)24(31)30(5-2)6-3/h20,23H,4-19,21H2,1-3H3/b22-20-/t23-/m1/s1. The van der Waals surface area contributed by atoms with Crippen LogP contribution in [0, 0.1) is 5.92 Å². The van der Waals surface area contributed by atoms with E-state index in [1.165, 1.54) is 63.9 Å². The molecule has 0 saturated heterocycles. The van der Waals surface area contributed by atoms with Crippen LogP contribution in [0.15, 0.2) is 11.9 Å². The van der Waals surface area contributed by atoms with Gasteiger partial charge in [-0.2, -0.15) is 13.2 Å². The molecule has 6 heteroatoms. The number of alkyl halides is 3. The maximum absolute atomic E-state index is 14.1. The largest absolute Gasteiger partial charge is 0.400 e. The number of hydrogen-bond acceptors (Lipinski definition) is 1. The lowest BCUT2D eigenvalue weighted by molar-refractivity contribution is -0.189. The fourth-order valence-electron chi connectivity index (χ4n) is 3.80. The van der Waals surface area contributed by atoms with Gasteiger partial charge in [0.15, 0.2) is 0 Å². The number of hydrogen-bond donors (Lipinski definition) is 0. The van der Waals surface area contributed by atoms with E-state index in [2.05, 4.69) is 6.92 Å². The maximum atomic E-state index is 14.1. The van der Waals surface area contributed by atoms with Crippen molar-refractivity contribution in [3.8, 4) is 0 Å². The normalized spacial score (nSPS) is 13.5. The molecule has 0 aliphatic carbocycles. The highest BCUT2D eigenvalue weighted by Crippen LogP contribution is 2.33. The summed E-state index contributed by atoms with van der Waals surface area (Å²) in [5, 5.41) is 0. The highest BCUT2D eigenvalue weighted by molar-refractivity contribution is 5.79. The minimum Gasteiger partial charge on any atom is -0.343 e. The molecule has 0 N–H and O–H groups in total. The Morgan fingerprint density at radius 3 is 1.58 bits per heavy atom. The highest BCUT2D eigenvalue weighted by Gasteiger charge is 2.46. The van der Waals surface area contributed by atoms with Gasteiger partial charge in [0, 0.05) is 19.5 Å². The van der Waals surface area contributed by atoms with Gasteiger partial charge in [-0.25, -0.2) is 4.39 Å². The number of rotatable bonds is 19. The molecule has 0 fully saturated rings. The third-order valence-corrected chi connectivity index (χ3v) is 5.84. The summed E-state index contributed by atoms with van der Waals surface area (Å²) >= 11 is 0. The van der Waals surface area contributed by atoms with Crippen LogP contribution >= 0.6 is 0 Å². The van der Waals surface area contributed by atoms with Crippen LogP contribution in [0.2, 0.25) is 0 Å². The van der Waals surface area contributed by atoms with Crippen LogP contribution in [0.4, 0.5) is 17.6 Å². The van der Waals surface area contributed by atoms with Crippen molar-refractivity contribution in [3.63, 3.8) is 0 Å². The van der Waals surface area contributed by atoms with Gasteiger partial charge in [-0.05, 0) is 26.7 Å². The number of halogens is 4. The minimum absolute atomic E-state index is 0.187. The predicted octanol–water partition coefficient (Wildman–Crippen LogP) is 8.76. The lowest BCUT2D eigenvalue weighted by Crippen LogP contribution is -2.42. The summed E-state index contributed by atoms with van der Waals surface area (Å²) in [5.41, 5.74) is 0. The molecule has 0 aromatic heterocycles. The zero-order chi connectivity index (χ0) is 23.5. The topological polar surface area (TPSA) is 20.3 Å². The first-order valence-corrected chi connectivity index (χ1v) is 12.5. The number of carbonyl (C=O) groups excluding carboxylic acids is 1. The molecule has 2 nitrogen and oxygen atoms in total. The Morgan fingerprint density at radius 2 is 1.19 bits per heavy atom. The molecule has 0 rings (SSSR count). The molecule has 0 bridgehead atoms. The summed E-state index contributed by atoms with van der Waals surface area (Å²) in [7, 11) is 0. The third-order valence-electron chi connectivity index (χ3n) is 5.84. The molecule has 1 amide bonds. The molecule has 0 unspecified atom stereocenters. The van der Waals surface area contributed by atoms with Gasteiger partial charge in [0.05, 0.1) is 5.83 Å². The number of amides is 1. The second-order valence-electron chi connectivity index (χ2n) is 8.49. The van der Waals surface area contributed by atoms with E-state index < -0.39 is 30.2 Å². The molecular formula is C25H45F4NO. The van der Waals surface area contributed by atoms with Crippen LogP contribution in [-0.2, 0) is 4.79 Å². The van der Waals surface area contributed by atoms with Crippen LogP contribution in [0.25, 0.3) is 0 Å². The summed E-state index contributed by atoms with van der Waals surface area (Å²) in [5.74, 6) is -4.17. The third kappa shape index (κ3) is 15.4. The molecule has 31 heavy (non-hydrogen) atoms. The summed E-state index contributed by atoms with van der Waals surface area (Å²) in [6.45, 7) is 5.84. The Balaban J connectivity index is 3.97. The van der Waals surface area contributed by atoms with Crippen LogP contribution in [0.3, 0.4) is 0 Å². The predicted molar refractivity (Wildman–Crippen MR) is 122 cm³/mol. The maximum Gasteiger partial charge on any atom is 0.400 e. The van der Waals surface area contributed by atoms with Gasteiger partial charge in [-0.15, -0.1) is 0 Å². The van der Waals surface area contributed by atoms with Gasteiger partial charge in [-0.3, -0.25) is 4.79 Å². The number of unbranched alkanes of at least 4 members (excludes halogenated alkanes) is 13. The number of carbonyl (C=O) groups is 1. The quantitative estimate of drug-likeness (QED) is 0.142. The Hall–Kier alpha value is -1.07. The molecule has 0 saturated carbocycles. The van der Waals surface area contributed by atoms with Crippen molar-refractivity contribution in [2.75, 3.05) is 13.1 Å². The van der Waals surface area contributed by atoms with E-state index in [1.54, 1.807) is 13.8 Å². The Kier molecular flexibility index (Phi) is 17.9. The molecular weight excluding hydrogens is 406 g/mol. The van der Waals surface area contributed by atoms with Crippen LogP contribution < -0.4 is 0 Å². The van der Waals surface area contributed by atoms with E-state index in [9.17, 15) is 22.4 Å². The van der Waals surface area contributed by atoms with Gasteiger partial charge in [0.2, 0.25) is 5.91 Å². The average Bonchev–Trinajstić information content (AvgIpc) is 2.72. The highest BCUT2D eigenvalue weighted by atomic mass is 19.4. The van der Waals surface area contributed by atoms with Gasteiger partial charge in [0.1, 0.15) is 5.92 Å². The smallest absolute Gasteiger partial charge is 0.343 e. The van der Waals surface area contributed by atoms with E-state index in [0.717, 1.165) is 30.6 Å². The first-order valence-electron chi connectivity index (χ1n) is 12.5. The molecule has 0 heterocycles.